The van der Waals surface area contributed by atoms with Gasteiger partial charge in [0.1, 0.15) is 11.3 Å². The average Bonchev–Trinajstić information content (AvgIpc) is 3.03. The molecule has 5 rings (SSSR count). The largest absolute Gasteiger partial charge is 0.497 e. The molecule has 1 fully saturated rings. The van der Waals surface area contributed by atoms with Crippen molar-refractivity contribution in [2.75, 3.05) is 49.8 Å². The zero-order valence-electron chi connectivity index (χ0n) is 19.8. The van der Waals surface area contributed by atoms with Crippen molar-refractivity contribution in [1.29, 1.82) is 0 Å². The molecule has 1 atom stereocenters. The van der Waals surface area contributed by atoms with E-state index in [0.717, 1.165) is 17.0 Å². The number of rotatable bonds is 6. The second-order valence-corrected chi connectivity index (χ2v) is 8.55. The van der Waals surface area contributed by atoms with Gasteiger partial charge in [-0.15, -0.1) is 6.58 Å². The Hall–Kier alpha value is -3.91. The highest BCUT2D eigenvalue weighted by molar-refractivity contribution is 6.00. The Balaban J connectivity index is 1.60. The van der Waals surface area contributed by atoms with Crippen molar-refractivity contribution in [3.63, 3.8) is 0 Å². The van der Waals surface area contributed by atoms with E-state index in [1.807, 2.05) is 65.6 Å². The number of carbonyl (C=O) groups is 1. The van der Waals surface area contributed by atoms with E-state index >= 15 is 0 Å². The van der Waals surface area contributed by atoms with Gasteiger partial charge >= 0.3 is 0 Å². The second-order valence-electron chi connectivity index (χ2n) is 8.55. The summed E-state index contributed by atoms with van der Waals surface area (Å²) < 4.78 is 10.9. The maximum atomic E-state index is 13.8. The van der Waals surface area contributed by atoms with Crippen LogP contribution in [0.2, 0.25) is 0 Å². The van der Waals surface area contributed by atoms with Crippen LogP contribution in [0.5, 0.6) is 5.75 Å². The van der Waals surface area contributed by atoms with Gasteiger partial charge in [0.15, 0.2) is 5.82 Å². The molecule has 0 spiro atoms. The van der Waals surface area contributed by atoms with Gasteiger partial charge in [-0.05, 0) is 29.8 Å². The molecule has 1 aromatic heterocycles. The fourth-order valence-electron chi connectivity index (χ4n) is 4.51. The Bertz CT molecular complexity index is 1180. The van der Waals surface area contributed by atoms with Gasteiger partial charge in [0.2, 0.25) is 5.95 Å². The molecule has 8 heteroatoms. The summed E-state index contributed by atoms with van der Waals surface area (Å²) in [6.07, 6.45) is 3.54. The maximum absolute atomic E-state index is 13.8. The van der Waals surface area contributed by atoms with Crippen LogP contribution < -0.4 is 14.5 Å². The quantitative estimate of drug-likeness (QED) is 0.508. The van der Waals surface area contributed by atoms with Crippen molar-refractivity contribution >= 4 is 23.4 Å². The number of hydrogen-bond donors (Lipinski definition) is 0. The van der Waals surface area contributed by atoms with Crippen LogP contribution in [-0.2, 0) is 11.3 Å². The van der Waals surface area contributed by atoms with E-state index in [1.165, 1.54) is 0 Å². The zero-order chi connectivity index (χ0) is 24.2. The molecule has 1 amide bonds. The topological polar surface area (TPSA) is 71.0 Å². The highest BCUT2D eigenvalue weighted by Gasteiger charge is 2.34. The predicted octanol–water partition coefficient (Wildman–Crippen LogP) is 3.67. The van der Waals surface area contributed by atoms with Gasteiger partial charge in [-0.2, -0.15) is 4.98 Å². The number of methoxy groups -OCH3 is 1. The van der Waals surface area contributed by atoms with Gasteiger partial charge in [0, 0.05) is 38.1 Å². The van der Waals surface area contributed by atoms with E-state index in [4.69, 9.17) is 14.5 Å². The standard InChI is InChI=1S/C27H29N5O3/c1-3-21-19-31(18-20-7-5-4-6-8-20)26(33)24-17-28-27(30-13-15-35-16-14-30)29-25(24)32(21)22-9-11-23(34-2)12-10-22/h3-12,17,21H,1,13-16,18-19H2,2H3/t21-/m1/s1. The molecule has 2 aliphatic heterocycles. The molecule has 2 aromatic carbocycles. The van der Waals surface area contributed by atoms with Crippen LogP contribution in [-0.4, -0.2) is 66.8 Å². The van der Waals surface area contributed by atoms with E-state index < -0.39 is 0 Å². The maximum Gasteiger partial charge on any atom is 0.259 e. The molecule has 2 aliphatic rings. The fraction of sp³-hybridized carbons (Fsp3) is 0.296. The first kappa shape index (κ1) is 22.9. The number of morpholine rings is 1. The minimum Gasteiger partial charge on any atom is -0.497 e. The van der Waals surface area contributed by atoms with Gasteiger partial charge in [-0.1, -0.05) is 36.4 Å². The van der Waals surface area contributed by atoms with Crippen molar-refractivity contribution in [3.8, 4) is 5.75 Å². The van der Waals surface area contributed by atoms with Crippen molar-refractivity contribution in [3.05, 3.63) is 84.6 Å². The average molecular weight is 472 g/mol. The van der Waals surface area contributed by atoms with E-state index in [2.05, 4.69) is 21.4 Å². The number of nitrogens with zero attached hydrogens (tertiary/aromatic N) is 5. The molecule has 1 saturated heterocycles. The molecular weight excluding hydrogens is 442 g/mol. The Morgan fingerprint density at radius 2 is 1.86 bits per heavy atom. The summed E-state index contributed by atoms with van der Waals surface area (Å²) in [5.74, 6) is 1.84. The first-order chi connectivity index (χ1) is 17.2. The third-order valence-corrected chi connectivity index (χ3v) is 6.37. The molecule has 0 N–H and O–H groups in total. The summed E-state index contributed by atoms with van der Waals surface area (Å²) >= 11 is 0. The fourth-order valence-corrected chi connectivity index (χ4v) is 4.51. The highest BCUT2D eigenvalue weighted by Crippen LogP contribution is 2.35. The van der Waals surface area contributed by atoms with Crippen LogP contribution in [0.3, 0.4) is 0 Å². The van der Waals surface area contributed by atoms with Crippen LogP contribution in [0.15, 0.2) is 73.4 Å². The number of benzene rings is 2. The van der Waals surface area contributed by atoms with E-state index in [-0.39, 0.29) is 11.9 Å². The Morgan fingerprint density at radius 3 is 2.54 bits per heavy atom. The molecule has 0 aliphatic carbocycles. The van der Waals surface area contributed by atoms with Gasteiger partial charge in [0.05, 0.1) is 26.4 Å². The van der Waals surface area contributed by atoms with Gasteiger partial charge < -0.3 is 24.2 Å². The summed E-state index contributed by atoms with van der Waals surface area (Å²) in [7, 11) is 1.64. The Labute approximate surface area is 205 Å². The molecule has 0 bridgehead atoms. The first-order valence-electron chi connectivity index (χ1n) is 11.8. The van der Waals surface area contributed by atoms with Crippen LogP contribution in [0, 0.1) is 0 Å². The molecule has 0 radical (unpaired) electrons. The van der Waals surface area contributed by atoms with E-state index in [1.54, 1.807) is 13.3 Å². The summed E-state index contributed by atoms with van der Waals surface area (Å²) in [6, 6.07) is 17.6. The molecular formula is C27H29N5O3. The smallest absolute Gasteiger partial charge is 0.259 e. The van der Waals surface area contributed by atoms with Crippen molar-refractivity contribution in [1.82, 2.24) is 14.9 Å². The van der Waals surface area contributed by atoms with Crippen molar-refractivity contribution in [2.24, 2.45) is 0 Å². The monoisotopic (exact) mass is 471 g/mol. The van der Waals surface area contributed by atoms with E-state index in [0.29, 0.717) is 56.7 Å². The second kappa shape index (κ2) is 10.1. The molecule has 3 aromatic rings. The molecule has 0 unspecified atom stereocenters. The molecule has 35 heavy (non-hydrogen) atoms. The lowest BCUT2D eigenvalue weighted by Gasteiger charge is -2.32. The molecule has 8 nitrogen and oxygen atoms in total. The molecule has 3 heterocycles. The summed E-state index contributed by atoms with van der Waals surface area (Å²) in [5, 5.41) is 0. The van der Waals surface area contributed by atoms with Crippen LogP contribution in [0.25, 0.3) is 0 Å². The summed E-state index contributed by atoms with van der Waals surface area (Å²) in [5.41, 5.74) is 2.44. The number of anilines is 3. The van der Waals surface area contributed by atoms with Gasteiger partial charge in [-0.25, -0.2) is 4.98 Å². The minimum atomic E-state index is -0.190. The lowest BCUT2D eigenvalue weighted by atomic mass is 10.1. The SMILES string of the molecule is C=C[C@@H]1CN(Cc2ccccc2)C(=O)c2cnc(N3CCOCC3)nc2N1c1ccc(OC)cc1. The predicted molar refractivity (Wildman–Crippen MR) is 135 cm³/mol. The van der Waals surface area contributed by atoms with E-state index in [9.17, 15) is 4.79 Å². The number of amides is 1. The van der Waals surface area contributed by atoms with Crippen LogP contribution in [0.4, 0.5) is 17.5 Å². The number of hydrogen-bond acceptors (Lipinski definition) is 7. The van der Waals surface area contributed by atoms with Crippen LogP contribution in [0.1, 0.15) is 15.9 Å². The summed E-state index contributed by atoms with van der Waals surface area (Å²) in [6.45, 7) is 7.74. The third kappa shape index (κ3) is 4.70. The Kier molecular flexibility index (Phi) is 6.63. The first-order valence-corrected chi connectivity index (χ1v) is 11.8. The van der Waals surface area contributed by atoms with Crippen molar-refractivity contribution < 1.29 is 14.3 Å². The normalized spacial score (nSPS) is 18.1. The number of aromatic nitrogens is 2. The third-order valence-electron chi connectivity index (χ3n) is 6.37. The number of carbonyl (C=O) groups excluding carboxylic acids is 1. The van der Waals surface area contributed by atoms with Gasteiger partial charge in [0.25, 0.3) is 5.91 Å². The number of ether oxygens (including phenoxy) is 2. The van der Waals surface area contributed by atoms with Gasteiger partial charge in [-0.3, -0.25) is 4.79 Å². The Morgan fingerprint density at radius 1 is 1.11 bits per heavy atom. The highest BCUT2D eigenvalue weighted by atomic mass is 16.5. The minimum absolute atomic E-state index is 0.0970. The lowest BCUT2D eigenvalue weighted by molar-refractivity contribution is 0.0747. The molecule has 180 valence electrons. The lowest BCUT2D eigenvalue weighted by Crippen LogP contribution is -2.40. The van der Waals surface area contributed by atoms with Crippen LogP contribution >= 0.6 is 0 Å². The van der Waals surface area contributed by atoms with Crippen molar-refractivity contribution in [2.45, 2.75) is 12.6 Å². The summed E-state index contributed by atoms with van der Waals surface area (Å²) in [4.78, 5) is 29.4. The molecule has 0 saturated carbocycles. The zero-order valence-corrected chi connectivity index (χ0v) is 19.8. The number of fused-ring (bicyclic) bond motifs is 1.